The summed E-state index contributed by atoms with van der Waals surface area (Å²) in [5.41, 5.74) is 2.24. The third kappa shape index (κ3) is 19.4. The molecule has 0 aliphatic carbocycles. The summed E-state index contributed by atoms with van der Waals surface area (Å²) < 4.78 is 5.17. The van der Waals surface area contributed by atoms with Crippen LogP contribution >= 0.6 is 0 Å². The lowest BCUT2D eigenvalue weighted by Gasteiger charge is -2.16. The van der Waals surface area contributed by atoms with E-state index in [1.807, 2.05) is 45.4 Å². The molecule has 0 heterocycles. The first kappa shape index (κ1) is 16.4. The van der Waals surface area contributed by atoms with Gasteiger partial charge in [0.2, 0.25) is 8.32 Å². The maximum absolute atomic E-state index is 8.25. The van der Waals surface area contributed by atoms with Gasteiger partial charge in [-0.3, -0.25) is 0 Å². The first-order valence-corrected chi connectivity index (χ1v) is 11.6. The van der Waals surface area contributed by atoms with Crippen LogP contribution in [0.15, 0.2) is 12.3 Å². The van der Waals surface area contributed by atoms with Gasteiger partial charge in [0, 0.05) is 5.69 Å². The van der Waals surface area contributed by atoms with E-state index in [4.69, 9.17) is 14.9 Å². The Balaban J connectivity index is 0. The van der Waals surface area contributed by atoms with Crippen LogP contribution in [0.4, 0.5) is 0 Å². The zero-order chi connectivity index (χ0) is 12.7. The lowest BCUT2D eigenvalue weighted by Crippen LogP contribution is -2.24. The van der Waals surface area contributed by atoms with Gasteiger partial charge in [0.05, 0.1) is 0 Å². The fourth-order valence-corrected chi connectivity index (χ4v) is 1.18. The highest BCUT2D eigenvalue weighted by molar-refractivity contribution is 6.83. The Morgan fingerprint density at radius 2 is 1.40 bits per heavy atom. The molecule has 0 aromatic rings. The predicted octanol–water partition coefficient (Wildman–Crippen LogP) is 3.26. The molecule has 5 heteroatoms. The highest BCUT2D eigenvalue weighted by atomic mass is 28.4. The molecule has 0 radical (unpaired) electrons. The smallest absolute Gasteiger partial charge is 0.243 e. The van der Waals surface area contributed by atoms with Crippen molar-refractivity contribution in [2.45, 2.75) is 39.3 Å². The van der Waals surface area contributed by atoms with Crippen molar-refractivity contribution in [3.05, 3.63) is 12.3 Å². The van der Waals surface area contributed by atoms with Gasteiger partial charge in [-0.15, -0.1) is 0 Å². The lowest BCUT2D eigenvalue weighted by atomic mass is 10.7. The molecule has 0 fully saturated rings. The molecule has 0 atom stereocenters. The van der Waals surface area contributed by atoms with Crippen molar-refractivity contribution in [3.8, 4) is 11.8 Å². The number of hydrogen-bond donors (Lipinski definition) is 0. The summed E-state index contributed by atoms with van der Waals surface area (Å²) in [6.45, 7) is 15.5. The van der Waals surface area contributed by atoms with E-state index < -0.39 is 16.4 Å². The number of nitriles is 2. The molecule has 0 bridgehead atoms. The number of hydrogen-bond acceptors (Lipinski definition) is 3. The molecule has 0 aliphatic rings. The van der Waals surface area contributed by atoms with Gasteiger partial charge in [-0.05, 0) is 26.2 Å². The van der Waals surface area contributed by atoms with Crippen molar-refractivity contribution in [1.82, 2.24) is 0 Å². The zero-order valence-corrected chi connectivity index (χ0v) is 12.5. The largest absolute Gasteiger partial charge is 0.538 e. The second kappa shape index (κ2) is 6.44. The molecule has 0 aliphatic heterocycles. The Labute approximate surface area is 95.1 Å². The van der Waals surface area contributed by atoms with Gasteiger partial charge in [-0.2, -0.15) is 5.26 Å². The van der Waals surface area contributed by atoms with Gasteiger partial charge < -0.3 is 4.43 Å². The van der Waals surface area contributed by atoms with Gasteiger partial charge in [0.1, 0.15) is 6.07 Å². The SMILES string of the molecule is C=C(C#N)O[Si](C)(C)C.C[Si](C)(C)C#N. The molecular weight excluding hydrogens is 220 g/mol. The molecule has 0 spiro atoms. The molecule has 84 valence electrons. The van der Waals surface area contributed by atoms with Gasteiger partial charge >= 0.3 is 0 Å². The van der Waals surface area contributed by atoms with Crippen LogP contribution in [-0.4, -0.2) is 16.4 Å². The summed E-state index contributed by atoms with van der Waals surface area (Å²) in [5, 5.41) is 16.5. The lowest BCUT2D eigenvalue weighted by molar-refractivity contribution is 0.448. The summed E-state index contributed by atoms with van der Waals surface area (Å²) in [6.07, 6.45) is 0. The Bertz CT molecular complexity index is 287. The van der Waals surface area contributed by atoms with Gasteiger partial charge in [0.15, 0.2) is 13.8 Å². The Hall–Kier alpha value is -1.05. The summed E-state index contributed by atoms with van der Waals surface area (Å²) >= 11 is 0. The maximum Gasteiger partial charge on any atom is 0.243 e. The molecule has 0 amide bonds. The molecule has 0 N–H and O–H groups in total. The minimum absolute atomic E-state index is 0.231. The molecule has 15 heavy (non-hydrogen) atoms. The Kier molecular flexibility index (Phi) is 7.03. The van der Waals surface area contributed by atoms with Crippen LogP contribution in [0.1, 0.15) is 0 Å². The highest BCUT2D eigenvalue weighted by Gasteiger charge is 2.15. The molecule has 0 aromatic carbocycles. The van der Waals surface area contributed by atoms with Crippen molar-refractivity contribution < 1.29 is 4.43 Å². The van der Waals surface area contributed by atoms with Crippen molar-refractivity contribution in [2.24, 2.45) is 0 Å². The van der Waals surface area contributed by atoms with E-state index >= 15 is 0 Å². The van der Waals surface area contributed by atoms with E-state index in [0.29, 0.717) is 0 Å². The van der Waals surface area contributed by atoms with Crippen molar-refractivity contribution in [2.75, 3.05) is 0 Å². The monoisotopic (exact) mass is 240 g/mol. The van der Waals surface area contributed by atoms with Crippen LogP contribution in [0.3, 0.4) is 0 Å². The first-order chi connectivity index (χ1) is 6.52. The summed E-state index contributed by atoms with van der Waals surface area (Å²) in [7, 11) is -2.89. The van der Waals surface area contributed by atoms with Gasteiger partial charge in [-0.25, -0.2) is 5.26 Å². The van der Waals surface area contributed by atoms with E-state index in [2.05, 4.69) is 12.3 Å². The molecule has 0 unspecified atom stereocenters. The van der Waals surface area contributed by atoms with Crippen molar-refractivity contribution in [3.63, 3.8) is 0 Å². The average Bonchev–Trinajstić information content (AvgIpc) is 2.01. The summed E-state index contributed by atoms with van der Waals surface area (Å²) in [5.74, 6) is 0.231. The number of allylic oxidation sites excluding steroid dienone is 1. The zero-order valence-electron chi connectivity index (χ0n) is 10.5. The quantitative estimate of drug-likeness (QED) is 0.423. The number of nitrogens with zero attached hydrogens (tertiary/aromatic N) is 2. The fraction of sp³-hybridized carbons (Fsp3) is 0.600. The van der Waals surface area contributed by atoms with Crippen molar-refractivity contribution >= 4 is 16.4 Å². The van der Waals surface area contributed by atoms with E-state index in [0.717, 1.165) is 0 Å². The Morgan fingerprint density at radius 1 is 1.07 bits per heavy atom. The van der Waals surface area contributed by atoms with Crippen molar-refractivity contribution in [1.29, 1.82) is 10.5 Å². The molecule has 0 rings (SSSR count). The molecule has 0 aromatic heterocycles. The molecule has 0 saturated heterocycles. The summed E-state index contributed by atoms with van der Waals surface area (Å²) in [4.78, 5) is 0. The van der Waals surface area contributed by atoms with Crippen LogP contribution in [0.5, 0.6) is 0 Å². The van der Waals surface area contributed by atoms with Crippen LogP contribution in [-0.2, 0) is 4.43 Å². The molecular formula is C10H20N2OSi2. The second-order valence-electron chi connectivity index (χ2n) is 5.11. The van der Waals surface area contributed by atoms with E-state index in [1.54, 1.807) is 0 Å². The van der Waals surface area contributed by atoms with Gasteiger partial charge in [-0.1, -0.05) is 19.6 Å². The predicted molar refractivity (Wildman–Crippen MR) is 68.1 cm³/mol. The van der Waals surface area contributed by atoms with Crippen LogP contribution < -0.4 is 0 Å². The third-order valence-electron chi connectivity index (χ3n) is 0.889. The maximum atomic E-state index is 8.25. The summed E-state index contributed by atoms with van der Waals surface area (Å²) in [6, 6.07) is 1.84. The first-order valence-electron chi connectivity index (χ1n) is 4.71. The molecule has 3 nitrogen and oxygen atoms in total. The minimum atomic E-state index is -1.56. The standard InChI is InChI=1S/C6H11NOSi.C4H9NSi/c1-6(5-7)8-9(2,3)4;1-6(2,3)4-5/h1H2,2-4H3;1-3H3. The van der Waals surface area contributed by atoms with Crippen LogP contribution in [0, 0.1) is 22.3 Å². The average molecular weight is 240 g/mol. The van der Waals surface area contributed by atoms with E-state index in [9.17, 15) is 0 Å². The third-order valence-corrected chi connectivity index (χ3v) is 2.42. The topological polar surface area (TPSA) is 56.8 Å². The normalized spacial score (nSPS) is 10.1. The highest BCUT2D eigenvalue weighted by Crippen LogP contribution is 2.06. The second-order valence-corrected chi connectivity index (χ2v) is 14.3. The minimum Gasteiger partial charge on any atom is -0.538 e. The fourth-order valence-electron chi connectivity index (χ4n) is 0.392. The van der Waals surface area contributed by atoms with E-state index in [1.165, 1.54) is 0 Å². The molecule has 0 saturated carbocycles. The van der Waals surface area contributed by atoms with Crippen LogP contribution in [0.25, 0.3) is 0 Å². The van der Waals surface area contributed by atoms with Crippen LogP contribution in [0.2, 0.25) is 39.3 Å². The Morgan fingerprint density at radius 3 is 1.47 bits per heavy atom. The number of rotatable bonds is 2. The van der Waals surface area contributed by atoms with Gasteiger partial charge in [0.25, 0.3) is 0 Å². The van der Waals surface area contributed by atoms with E-state index in [-0.39, 0.29) is 5.76 Å².